The summed E-state index contributed by atoms with van der Waals surface area (Å²) >= 11 is 0. The van der Waals surface area contributed by atoms with Crippen LogP contribution in [-0.4, -0.2) is 12.7 Å². The number of hydrogen-bond donors (Lipinski definition) is 0. The summed E-state index contributed by atoms with van der Waals surface area (Å²) in [6.07, 6.45) is 3.76. The highest BCUT2D eigenvalue weighted by Crippen LogP contribution is 2.18. The smallest absolute Gasteiger partial charge is 0.0622 e. The molecule has 0 saturated carbocycles. The van der Waals surface area contributed by atoms with Gasteiger partial charge in [-0.05, 0) is 26.2 Å². The third kappa shape index (κ3) is 6.36. The topological polar surface area (TPSA) is 9.23 Å². The second-order valence-corrected chi connectivity index (χ2v) is 4.25. The molecule has 0 N–H and O–H groups in total. The zero-order chi connectivity index (χ0) is 8.91. The van der Waals surface area contributed by atoms with Crippen molar-refractivity contribution in [2.45, 2.75) is 52.6 Å². The van der Waals surface area contributed by atoms with Crippen molar-refractivity contribution in [1.29, 1.82) is 0 Å². The van der Waals surface area contributed by atoms with Gasteiger partial charge in [-0.1, -0.05) is 26.7 Å². The molecule has 1 nitrogen and oxygen atoms in total. The van der Waals surface area contributed by atoms with Gasteiger partial charge >= 0.3 is 0 Å². The molecule has 0 unspecified atom stereocenters. The molecule has 11 heavy (non-hydrogen) atoms. The molecule has 0 heterocycles. The highest BCUT2D eigenvalue weighted by molar-refractivity contribution is 4.67. The second kappa shape index (κ2) is 4.76. The van der Waals surface area contributed by atoms with Crippen molar-refractivity contribution in [2.75, 3.05) is 7.11 Å². The molecule has 0 fully saturated rings. The van der Waals surface area contributed by atoms with Crippen molar-refractivity contribution < 1.29 is 4.74 Å². The van der Waals surface area contributed by atoms with Gasteiger partial charge in [0.2, 0.25) is 0 Å². The van der Waals surface area contributed by atoms with Gasteiger partial charge in [-0.3, -0.25) is 0 Å². The normalized spacial score (nSPS) is 12.5. The summed E-state index contributed by atoms with van der Waals surface area (Å²) in [6.45, 7) is 8.82. The van der Waals surface area contributed by atoms with E-state index in [2.05, 4.69) is 27.7 Å². The van der Waals surface area contributed by atoms with Gasteiger partial charge in [0.1, 0.15) is 0 Å². The average molecular weight is 158 g/mol. The Bertz CT molecular complexity index is 95.0. The number of rotatable bonds is 5. The lowest BCUT2D eigenvalue weighted by Gasteiger charge is -2.22. The summed E-state index contributed by atoms with van der Waals surface area (Å²) < 4.78 is 5.32. The predicted octanol–water partition coefficient (Wildman–Crippen LogP) is 3.24. The van der Waals surface area contributed by atoms with E-state index < -0.39 is 0 Å². The van der Waals surface area contributed by atoms with Gasteiger partial charge in [0.25, 0.3) is 0 Å². The van der Waals surface area contributed by atoms with Crippen LogP contribution in [0.5, 0.6) is 0 Å². The van der Waals surface area contributed by atoms with Crippen molar-refractivity contribution in [2.24, 2.45) is 5.92 Å². The third-order valence-corrected chi connectivity index (χ3v) is 2.11. The number of hydrogen-bond acceptors (Lipinski definition) is 1. The van der Waals surface area contributed by atoms with Crippen LogP contribution in [0.2, 0.25) is 0 Å². The molecule has 0 spiro atoms. The van der Waals surface area contributed by atoms with E-state index in [9.17, 15) is 0 Å². The van der Waals surface area contributed by atoms with Crippen LogP contribution in [0.1, 0.15) is 47.0 Å². The Hall–Kier alpha value is -0.0400. The molecule has 0 aliphatic carbocycles. The van der Waals surface area contributed by atoms with Gasteiger partial charge in [0.15, 0.2) is 0 Å². The zero-order valence-electron chi connectivity index (χ0n) is 8.61. The Kier molecular flexibility index (Phi) is 4.74. The molecule has 1 heteroatoms. The van der Waals surface area contributed by atoms with Gasteiger partial charge in [-0.15, -0.1) is 0 Å². The Balaban J connectivity index is 3.38. The van der Waals surface area contributed by atoms with E-state index in [0.717, 1.165) is 5.92 Å². The molecular weight excluding hydrogens is 136 g/mol. The van der Waals surface area contributed by atoms with Crippen LogP contribution in [0.25, 0.3) is 0 Å². The summed E-state index contributed by atoms with van der Waals surface area (Å²) in [5.41, 5.74) is 0.0783. The molecule has 68 valence electrons. The summed E-state index contributed by atoms with van der Waals surface area (Å²) in [7, 11) is 1.79. The minimum absolute atomic E-state index is 0.0783. The summed E-state index contributed by atoms with van der Waals surface area (Å²) in [4.78, 5) is 0. The Morgan fingerprint density at radius 1 is 1.27 bits per heavy atom. The predicted molar refractivity (Wildman–Crippen MR) is 49.8 cm³/mol. The van der Waals surface area contributed by atoms with E-state index in [-0.39, 0.29) is 5.60 Å². The lowest BCUT2D eigenvalue weighted by atomic mass is 9.98. The minimum atomic E-state index is 0.0783. The van der Waals surface area contributed by atoms with Gasteiger partial charge in [-0.2, -0.15) is 0 Å². The van der Waals surface area contributed by atoms with Crippen LogP contribution in [0, 0.1) is 5.92 Å². The standard InChI is InChI=1S/C10H22O/c1-9(2)7-6-8-10(3,4)11-5/h9H,6-8H2,1-5H3. The highest BCUT2D eigenvalue weighted by Gasteiger charge is 2.15. The average Bonchev–Trinajstić information content (AvgIpc) is 1.87. The Morgan fingerprint density at radius 3 is 2.18 bits per heavy atom. The maximum absolute atomic E-state index is 5.32. The van der Waals surface area contributed by atoms with E-state index in [0.29, 0.717) is 0 Å². The van der Waals surface area contributed by atoms with Crippen LogP contribution in [0.15, 0.2) is 0 Å². The Morgan fingerprint density at radius 2 is 1.82 bits per heavy atom. The van der Waals surface area contributed by atoms with Crippen molar-refractivity contribution in [1.82, 2.24) is 0 Å². The van der Waals surface area contributed by atoms with Crippen LogP contribution >= 0.6 is 0 Å². The maximum Gasteiger partial charge on any atom is 0.0622 e. The third-order valence-electron chi connectivity index (χ3n) is 2.11. The first-order chi connectivity index (χ1) is 4.98. The molecule has 0 aliphatic rings. The fraction of sp³-hybridized carbons (Fsp3) is 1.00. The molecule has 0 bridgehead atoms. The van der Waals surface area contributed by atoms with E-state index >= 15 is 0 Å². The van der Waals surface area contributed by atoms with E-state index in [4.69, 9.17) is 4.74 Å². The first-order valence-electron chi connectivity index (χ1n) is 4.53. The first kappa shape index (κ1) is 11.0. The van der Waals surface area contributed by atoms with Gasteiger partial charge in [0.05, 0.1) is 5.60 Å². The van der Waals surface area contributed by atoms with Crippen molar-refractivity contribution in [3.05, 3.63) is 0 Å². The molecular formula is C10H22O. The van der Waals surface area contributed by atoms with E-state index in [1.807, 2.05) is 0 Å². The lowest BCUT2D eigenvalue weighted by Crippen LogP contribution is -2.22. The van der Waals surface area contributed by atoms with Crippen LogP contribution < -0.4 is 0 Å². The summed E-state index contributed by atoms with van der Waals surface area (Å²) in [6, 6.07) is 0. The van der Waals surface area contributed by atoms with Crippen molar-refractivity contribution in [3.63, 3.8) is 0 Å². The fourth-order valence-electron chi connectivity index (χ4n) is 1.04. The van der Waals surface area contributed by atoms with Crippen molar-refractivity contribution >= 4 is 0 Å². The molecule has 0 saturated heterocycles. The molecule has 0 aromatic carbocycles. The van der Waals surface area contributed by atoms with Gasteiger partial charge < -0.3 is 4.74 Å². The van der Waals surface area contributed by atoms with E-state index in [1.165, 1.54) is 19.3 Å². The fourth-order valence-corrected chi connectivity index (χ4v) is 1.04. The summed E-state index contributed by atoms with van der Waals surface area (Å²) in [5, 5.41) is 0. The molecule has 0 radical (unpaired) electrons. The lowest BCUT2D eigenvalue weighted by molar-refractivity contribution is 0.0129. The highest BCUT2D eigenvalue weighted by atomic mass is 16.5. The monoisotopic (exact) mass is 158 g/mol. The van der Waals surface area contributed by atoms with Crippen LogP contribution in [-0.2, 0) is 4.74 Å². The molecule has 0 atom stereocenters. The minimum Gasteiger partial charge on any atom is -0.379 e. The largest absolute Gasteiger partial charge is 0.379 e. The number of ether oxygens (including phenoxy) is 1. The number of methoxy groups -OCH3 is 1. The first-order valence-corrected chi connectivity index (χ1v) is 4.53. The summed E-state index contributed by atoms with van der Waals surface area (Å²) in [5.74, 6) is 0.822. The van der Waals surface area contributed by atoms with Gasteiger partial charge in [-0.25, -0.2) is 0 Å². The van der Waals surface area contributed by atoms with Crippen LogP contribution in [0.3, 0.4) is 0 Å². The Labute approximate surface area is 71.1 Å². The van der Waals surface area contributed by atoms with Crippen LogP contribution in [0.4, 0.5) is 0 Å². The zero-order valence-corrected chi connectivity index (χ0v) is 8.61. The molecule has 0 rings (SSSR count). The second-order valence-electron chi connectivity index (χ2n) is 4.25. The van der Waals surface area contributed by atoms with Gasteiger partial charge in [0, 0.05) is 7.11 Å². The van der Waals surface area contributed by atoms with Crippen molar-refractivity contribution in [3.8, 4) is 0 Å². The molecule has 0 amide bonds. The SMILES string of the molecule is COC(C)(C)CCCC(C)C. The quantitative estimate of drug-likeness (QED) is 0.597. The maximum atomic E-state index is 5.32. The molecule has 0 aromatic heterocycles. The molecule has 0 aliphatic heterocycles. The molecule has 0 aromatic rings. The van der Waals surface area contributed by atoms with E-state index in [1.54, 1.807) is 7.11 Å².